The standard InChI is InChI=1S/C20H34O2/c1-14-6-5-7-18-19(14)22-13-12-17-11-10-16(20(17,18)3)9-8-15(2)21-4/h8-9,14-19H,5-7,10-13H2,1-4H3/b9-8+/t14?,15-,16?,17?,18?,19?,20?/m0/s1. The summed E-state index contributed by atoms with van der Waals surface area (Å²) in [7, 11) is 1.80. The highest BCUT2D eigenvalue weighted by Gasteiger charge is 2.55. The summed E-state index contributed by atoms with van der Waals surface area (Å²) in [5.41, 5.74) is 0.430. The third-order valence-corrected chi connectivity index (χ3v) is 7.20. The van der Waals surface area contributed by atoms with Crippen molar-refractivity contribution in [2.75, 3.05) is 13.7 Å². The average Bonchev–Trinajstić information content (AvgIpc) is 2.75. The lowest BCUT2D eigenvalue weighted by molar-refractivity contribution is -0.0727. The molecule has 126 valence electrons. The molecule has 0 aromatic heterocycles. The maximum atomic E-state index is 6.37. The summed E-state index contributed by atoms with van der Waals surface area (Å²) in [6.45, 7) is 8.11. The molecule has 3 aliphatic rings. The predicted molar refractivity (Wildman–Crippen MR) is 90.8 cm³/mol. The van der Waals surface area contributed by atoms with Crippen molar-refractivity contribution >= 4 is 0 Å². The molecule has 0 N–H and O–H groups in total. The molecule has 0 spiro atoms. The van der Waals surface area contributed by atoms with Crippen LogP contribution in [0.15, 0.2) is 12.2 Å². The third-order valence-electron chi connectivity index (χ3n) is 7.20. The van der Waals surface area contributed by atoms with E-state index in [0.29, 0.717) is 17.4 Å². The number of ether oxygens (including phenoxy) is 2. The predicted octanol–water partition coefficient (Wildman–Crippen LogP) is 4.84. The summed E-state index contributed by atoms with van der Waals surface area (Å²) in [5.74, 6) is 3.03. The summed E-state index contributed by atoms with van der Waals surface area (Å²) in [6.07, 6.45) is 13.6. The molecule has 3 fully saturated rings. The van der Waals surface area contributed by atoms with Gasteiger partial charge in [0.1, 0.15) is 0 Å². The first-order valence-electron chi connectivity index (χ1n) is 9.40. The molecule has 6 unspecified atom stereocenters. The number of allylic oxidation sites excluding steroid dienone is 1. The molecule has 7 atom stereocenters. The minimum absolute atomic E-state index is 0.228. The van der Waals surface area contributed by atoms with Crippen LogP contribution in [0, 0.1) is 29.1 Å². The van der Waals surface area contributed by atoms with Gasteiger partial charge in [-0.15, -0.1) is 0 Å². The molecule has 0 radical (unpaired) electrons. The first kappa shape index (κ1) is 16.5. The molecule has 0 aromatic rings. The monoisotopic (exact) mass is 306 g/mol. The maximum absolute atomic E-state index is 6.37. The van der Waals surface area contributed by atoms with E-state index in [1.165, 1.54) is 38.5 Å². The van der Waals surface area contributed by atoms with Crippen LogP contribution in [0.1, 0.15) is 59.3 Å². The van der Waals surface area contributed by atoms with Crippen LogP contribution in [0.3, 0.4) is 0 Å². The van der Waals surface area contributed by atoms with E-state index in [-0.39, 0.29) is 6.10 Å². The molecule has 3 rings (SSSR count). The summed E-state index contributed by atoms with van der Waals surface area (Å²) in [6, 6.07) is 0. The molecule has 1 heterocycles. The second-order valence-corrected chi connectivity index (χ2v) is 8.21. The summed E-state index contributed by atoms with van der Waals surface area (Å²) < 4.78 is 11.8. The molecular weight excluding hydrogens is 272 g/mol. The molecule has 0 aromatic carbocycles. The Morgan fingerprint density at radius 2 is 2.00 bits per heavy atom. The number of hydrogen-bond acceptors (Lipinski definition) is 2. The lowest BCUT2D eigenvalue weighted by Crippen LogP contribution is -2.46. The molecule has 0 amide bonds. The van der Waals surface area contributed by atoms with Crippen molar-refractivity contribution in [1.82, 2.24) is 0 Å². The Balaban J connectivity index is 1.87. The molecule has 0 bridgehead atoms. The van der Waals surface area contributed by atoms with Gasteiger partial charge in [0.25, 0.3) is 0 Å². The van der Waals surface area contributed by atoms with Crippen LogP contribution < -0.4 is 0 Å². The Bertz CT molecular complexity index is 405. The number of rotatable bonds is 3. The van der Waals surface area contributed by atoms with Crippen molar-refractivity contribution in [2.45, 2.75) is 71.5 Å². The molecular formula is C20H34O2. The summed E-state index contributed by atoms with van der Waals surface area (Å²) in [4.78, 5) is 0. The Labute approximate surface area is 136 Å². The SMILES string of the molecule is CO[C@@H](C)/C=C/C1CCC2CCOC3C(C)CCCC3C12C. The van der Waals surface area contributed by atoms with Gasteiger partial charge < -0.3 is 9.47 Å². The van der Waals surface area contributed by atoms with Crippen molar-refractivity contribution in [2.24, 2.45) is 29.1 Å². The van der Waals surface area contributed by atoms with E-state index in [2.05, 4.69) is 32.9 Å². The van der Waals surface area contributed by atoms with E-state index in [1.54, 1.807) is 7.11 Å². The van der Waals surface area contributed by atoms with Crippen molar-refractivity contribution < 1.29 is 9.47 Å². The normalized spacial score (nSPS) is 47.0. The number of methoxy groups -OCH3 is 1. The van der Waals surface area contributed by atoms with E-state index >= 15 is 0 Å². The van der Waals surface area contributed by atoms with Crippen LogP contribution in [0.5, 0.6) is 0 Å². The third kappa shape index (κ3) is 2.78. The van der Waals surface area contributed by atoms with E-state index in [0.717, 1.165) is 24.4 Å². The van der Waals surface area contributed by atoms with Crippen LogP contribution in [0.2, 0.25) is 0 Å². The Kier molecular flexibility index (Phi) is 4.99. The zero-order valence-corrected chi connectivity index (χ0v) is 14.9. The highest BCUT2D eigenvalue weighted by atomic mass is 16.5. The highest BCUT2D eigenvalue weighted by Crippen LogP contribution is 2.60. The zero-order valence-electron chi connectivity index (χ0n) is 14.9. The number of hydrogen-bond donors (Lipinski definition) is 0. The van der Waals surface area contributed by atoms with E-state index < -0.39 is 0 Å². The fourth-order valence-corrected chi connectivity index (χ4v) is 5.69. The summed E-state index contributed by atoms with van der Waals surface area (Å²) in [5, 5.41) is 0. The van der Waals surface area contributed by atoms with E-state index in [4.69, 9.17) is 9.47 Å². The highest BCUT2D eigenvalue weighted by molar-refractivity contribution is 5.10. The maximum Gasteiger partial charge on any atom is 0.0723 e. The minimum atomic E-state index is 0.228. The largest absolute Gasteiger partial charge is 0.378 e. The molecule has 1 saturated heterocycles. The smallest absolute Gasteiger partial charge is 0.0723 e. The zero-order chi connectivity index (χ0) is 15.7. The minimum Gasteiger partial charge on any atom is -0.378 e. The fourth-order valence-electron chi connectivity index (χ4n) is 5.69. The average molecular weight is 306 g/mol. The van der Waals surface area contributed by atoms with Crippen molar-refractivity contribution in [3.05, 3.63) is 12.2 Å². The first-order valence-corrected chi connectivity index (χ1v) is 9.40. The van der Waals surface area contributed by atoms with Gasteiger partial charge in [-0.25, -0.2) is 0 Å². The van der Waals surface area contributed by atoms with Crippen LogP contribution in [-0.2, 0) is 9.47 Å². The van der Waals surface area contributed by atoms with Crippen LogP contribution in [0.4, 0.5) is 0 Å². The van der Waals surface area contributed by atoms with Gasteiger partial charge in [0.05, 0.1) is 12.2 Å². The van der Waals surface area contributed by atoms with Gasteiger partial charge in [0.2, 0.25) is 0 Å². The molecule has 2 aliphatic carbocycles. The van der Waals surface area contributed by atoms with Gasteiger partial charge in [-0.2, -0.15) is 0 Å². The van der Waals surface area contributed by atoms with Crippen molar-refractivity contribution in [3.8, 4) is 0 Å². The van der Waals surface area contributed by atoms with Crippen LogP contribution >= 0.6 is 0 Å². The van der Waals surface area contributed by atoms with E-state index in [9.17, 15) is 0 Å². The first-order chi connectivity index (χ1) is 10.6. The second kappa shape index (κ2) is 6.65. The lowest BCUT2D eigenvalue weighted by atomic mass is 9.58. The van der Waals surface area contributed by atoms with E-state index in [1.807, 2.05) is 0 Å². The Morgan fingerprint density at radius 1 is 1.18 bits per heavy atom. The van der Waals surface area contributed by atoms with Gasteiger partial charge in [-0.05, 0) is 68.1 Å². The quantitative estimate of drug-likeness (QED) is 0.695. The second-order valence-electron chi connectivity index (χ2n) is 8.21. The van der Waals surface area contributed by atoms with Gasteiger partial charge in [-0.1, -0.05) is 32.4 Å². The molecule has 2 nitrogen and oxygen atoms in total. The molecule has 1 aliphatic heterocycles. The van der Waals surface area contributed by atoms with Gasteiger partial charge in [0, 0.05) is 13.7 Å². The number of fused-ring (bicyclic) bond motifs is 3. The van der Waals surface area contributed by atoms with Crippen molar-refractivity contribution in [3.63, 3.8) is 0 Å². The molecule has 2 saturated carbocycles. The molecule has 22 heavy (non-hydrogen) atoms. The Hall–Kier alpha value is -0.340. The van der Waals surface area contributed by atoms with Gasteiger partial charge >= 0.3 is 0 Å². The molecule has 2 heteroatoms. The van der Waals surface area contributed by atoms with Crippen LogP contribution in [-0.4, -0.2) is 25.9 Å². The topological polar surface area (TPSA) is 18.5 Å². The summed E-state index contributed by atoms with van der Waals surface area (Å²) >= 11 is 0. The Morgan fingerprint density at radius 3 is 2.77 bits per heavy atom. The van der Waals surface area contributed by atoms with Gasteiger partial charge in [-0.3, -0.25) is 0 Å². The van der Waals surface area contributed by atoms with Gasteiger partial charge in [0.15, 0.2) is 0 Å². The fraction of sp³-hybridized carbons (Fsp3) is 0.900. The lowest BCUT2D eigenvalue weighted by Gasteiger charge is -2.48. The van der Waals surface area contributed by atoms with Crippen molar-refractivity contribution in [1.29, 1.82) is 0 Å². The van der Waals surface area contributed by atoms with Crippen LogP contribution in [0.25, 0.3) is 0 Å².